The smallest absolute Gasteiger partial charge is 0.343 e. The number of halogens is 1. The van der Waals surface area contributed by atoms with Crippen LogP contribution in [0, 0.1) is 6.92 Å². The van der Waals surface area contributed by atoms with Crippen molar-refractivity contribution in [2.45, 2.75) is 13.8 Å². The number of aromatic nitrogens is 5. The molecule has 0 unspecified atom stereocenters. The van der Waals surface area contributed by atoms with Crippen molar-refractivity contribution in [1.82, 2.24) is 24.4 Å². The first-order valence-corrected chi connectivity index (χ1v) is 8.58. The van der Waals surface area contributed by atoms with Gasteiger partial charge < -0.3 is 4.74 Å². The SMILES string of the molecule is CCOC(=O)c1cnn2c1nnc1c(=O)n(-c3ccc(C)c(Cl)c3)ccc12. The number of fused-ring (bicyclic) bond motifs is 3. The second-order valence-corrected chi connectivity index (χ2v) is 6.28. The number of ether oxygens (including phenoxy) is 1. The first-order chi connectivity index (χ1) is 13.0. The van der Waals surface area contributed by atoms with E-state index in [9.17, 15) is 9.59 Å². The molecule has 0 radical (unpaired) electrons. The van der Waals surface area contributed by atoms with Gasteiger partial charge in [0.1, 0.15) is 11.1 Å². The quantitative estimate of drug-likeness (QED) is 0.505. The molecule has 4 rings (SSSR count). The highest BCUT2D eigenvalue weighted by Gasteiger charge is 2.18. The largest absolute Gasteiger partial charge is 0.462 e. The molecule has 1 aromatic carbocycles. The number of pyridine rings is 1. The molecule has 0 bridgehead atoms. The fourth-order valence-electron chi connectivity index (χ4n) is 2.78. The summed E-state index contributed by atoms with van der Waals surface area (Å²) in [4.78, 5) is 24.9. The molecule has 136 valence electrons. The molecule has 0 saturated heterocycles. The maximum Gasteiger partial charge on any atom is 0.343 e. The maximum absolute atomic E-state index is 12.9. The minimum atomic E-state index is -0.538. The van der Waals surface area contributed by atoms with Crippen molar-refractivity contribution in [3.05, 3.63) is 63.2 Å². The fourth-order valence-corrected chi connectivity index (χ4v) is 2.95. The van der Waals surface area contributed by atoms with Crippen LogP contribution in [0.3, 0.4) is 0 Å². The molecular weight excluding hydrogens is 370 g/mol. The molecule has 8 nitrogen and oxygen atoms in total. The fraction of sp³-hybridized carbons (Fsp3) is 0.167. The van der Waals surface area contributed by atoms with Crippen LogP contribution in [0.25, 0.3) is 22.4 Å². The summed E-state index contributed by atoms with van der Waals surface area (Å²) in [6.07, 6.45) is 2.96. The van der Waals surface area contributed by atoms with Crippen molar-refractivity contribution in [2.75, 3.05) is 6.61 Å². The Morgan fingerprint density at radius 3 is 2.81 bits per heavy atom. The third-order valence-electron chi connectivity index (χ3n) is 4.19. The van der Waals surface area contributed by atoms with Gasteiger partial charge in [0.25, 0.3) is 5.56 Å². The number of esters is 1. The maximum atomic E-state index is 12.9. The number of nitrogens with zero attached hydrogens (tertiary/aromatic N) is 5. The summed E-state index contributed by atoms with van der Waals surface area (Å²) < 4.78 is 7.83. The van der Waals surface area contributed by atoms with Crippen molar-refractivity contribution < 1.29 is 9.53 Å². The van der Waals surface area contributed by atoms with E-state index in [0.717, 1.165) is 5.56 Å². The standard InChI is InChI=1S/C18H14ClN5O3/c1-3-27-18(26)12-9-20-24-14-6-7-23(11-5-4-10(2)13(19)8-11)17(25)15(14)21-22-16(12)24/h4-9H,3H2,1-2H3. The van der Waals surface area contributed by atoms with Crippen LogP contribution in [0.1, 0.15) is 22.8 Å². The average molecular weight is 384 g/mol. The minimum Gasteiger partial charge on any atom is -0.462 e. The molecule has 0 saturated carbocycles. The van der Waals surface area contributed by atoms with E-state index < -0.39 is 5.97 Å². The van der Waals surface area contributed by atoms with Crippen LogP contribution >= 0.6 is 11.6 Å². The Morgan fingerprint density at radius 1 is 1.26 bits per heavy atom. The first-order valence-electron chi connectivity index (χ1n) is 8.20. The summed E-state index contributed by atoms with van der Waals surface area (Å²) in [5, 5.41) is 12.8. The van der Waals surface area contributed by atoms with E-state index in [2.05, 4.69) is 15.3 Å². The second-order valence-electron chi connectivity index (χ2n) is 5.87. The number of carbonyl (C=O) groups is 1. The molecule has 0 spiro atoms. The van der Waals surface area contributed by atoms with Crippen molar-refractivity contribution in [3.63, 3.8) is 0 Å². The number of hydrogen-bond acceptors (Lipinski definition) is 6. The highest BCUT2D eigenvalue weighted by Crippen LogP contribution is 2.20. The molecule has 0 amide bonds. The lowest BCUT2D eigenvalue weighted by Crippen LogP contribution is -2.20. The highest BCUT2D eigenvalue weighted by molar-refractivity contribution is 6.31. The predicted molar refractivity (Wildman–Crippen MR) is 99.6 cm³/mol. The van der Waals surface area contributed by atoms with E-state index >= 15 is 0 Å². The summed E-state index contributed by atoms with van der Waals surface area (Å²) in [6, 6.07) is 7.03. The molecule has 4 aromatic rings. The molecular formula is C18H14ClN5O3. The van der Waals surface area contributed by atoms with Crippen molar-refractivity contribution in [2.24, 2.45) is 0 Å². The number of hydrogen-bond donors (Lipinski definition) is 0. The third-order valence-corrected chi connectivity index (χ3v) is 4.60. The van der Waals surface area contributed by atoms with Crippen LogP contribution in [-0.2, 0) is 4.74 Å². The topological polar surface area (TPSA) is 91.4 Å². The number of benzene rings is 1. The molecule has 0 fully saturated rings. The Balaban J connectivity index is 1.92. The summed E-state index contributed by atoms with van der Waals surface area (Å²) in [5.41, 5.74) is 2.16. The molecule has 0 atom stereocenters. The number of carbonyl (C=O) groups excluding carboxylic acids is 1. The lowest BCUT2D eigenvalue weighted by Gasteiger charge is -2.09. The summed E-state index contributed by atoms with van der Waals surface area (Å²) in [6.45, 7) is 3.84. The van der Waals surface area contributed by atoms with Gasteiger partial charge in [0.2, 0.25) is 0 Å². The van der Waals surface area contributed by atoms with Crippen molar-refractivity contribution in [1.29, 1.82) is 0 Å². The van der Waals surface area contributed by atoms with Crippen LogP contribution in [0.15, 0.2) is 41.5 Å². The van der Waals surface area contributed by atoms with Gasteiger partial charge >= 0.3 is 5.97 Å². The van der Waals surface area contributed by atoms with E-state index in [4.69, 9.17) is 16.3 Å². The Hall–Kier alpha value is -3.26. The Kier molecular flexibility index (Phi) is 4.12. The van der Waals surface area contributed by atoms with Gasteiger partial charge in [-0.1, -0.05) is 17.7 Å². The van der Waals surface area contributed by atoms with Gasteiger partial charge in [0, 0.05) is 11.2 Å². The average Bonchev–Trinajstić information content (AvgIpc) is 3.09. The van der Waals surface area contributed by atoms with Crippen LogP contribution in [-0.4, -0.2) is 37.0 Å². The van der Waals surface area contributed by atoms with Crippen LogP contribution in [0.5, 0.6) is 0 Å². The van der Waals surface area contributed by atoms with Gasteiger partial charge in [-0.15, -0.1) is 10.2 Å². The zero-order valence-corrected chi connectivity index (χ0v) is 15.3. The van der Waals surface area contributed by atoms with Gasteiger partial charge in [-0.25, -0.2) is 9.31 Å². The van der Waals surface area contributed by atoms with Crippen LogP contribution in [0.2, 0.25) is 5.02 Å². The lowest BCUT2D eigenvalue weighted by molar-refractivity contribution is 0.0528. The molecule has 0 aliphatic rings. The minimum absolute atomic E-state index is 0.125. The van der Waals surface area contributed by atoms with E-state index in [1.165, 1.54) is 15.3 Å². The Labute approximate surface area is 158 Å². The number of aryl methyl sites for hydroxylation is 1. The van der Waals surface area contributed by atoms with Crippen molar-refractivity contribution in [3.8, 4) is 5.69 Å². The van der Waals surface area contributed by atoms with Gasteiger partial charge in [-0.3, -0.25) is 9.36 Å². The second kappa shape index (κ2) is 6.48. The third kappa shape index (κ3) is 2.74. The van der Waals surface area contributed by atoms with Crippen molar-refractivity contribution >= 4 is 34.3 Å². The van der Waals surface area contributed by atoms with Gasteiger partial charge in [0.15, 0.2) is 11.2 Å². The monoisotopic (exact) mass is 383 g/mol. The van der Waals surface area contributed by atoms with E-state index in [1.807, 2.05) is 13.0 Å². The number of rotatable bonds is 3. The lowest BCUT2D eigenvalue weighted by atomic mass is 10.2. The van der Waals surface area contributed by atoms with Gasteiger partial charge in [-0.05, 0) is 37.6 Å². The molecule has 27 heavy (non-hydrogen) atoms. The van der Waals surface area contributed by atoms with Crippen LogP contribution < -0.4 is 5.56 Å². The van der Waals surface area contributed by atoms with E-state index in [-0.39, 0.29) is 28.9 Å². The zero-order chi connectivity index (χ0) is 19.1. The summed E-state index contributed by atoms with van der Waals surface area (Å²) in [5.74, 6) is -0.538. The Morgan fingerprint density at radius 2 is 2.07 bits per heavy atom. The summed E-state index contributed by atoms with van der Waals surface area (Å²) >= 11 is 6.17. The van der Waals surface area contributed by atoms with E-state index in [0.29, 0.717) is 16.2 Å². The first kappa shape index (κ1) is 17.2. The molecule has 9 heteroatoms. The molecule has 0 aliphatic carbocycles. The zero-order valence-electron chi connectivity index (χ0n) is 14.5. The molecule has 3 heterocycles. The van der Waals surface area contributed by atoms with Gasteiger partial charge in [-0.2, -0.15) is 5.10 Å². The summed E-state index contributed by atoms with van der Waals surface area (Å²) in [7, 11) is 0. The predicted octanol–water partition coefficient (Wildman–Crippen LogP) is 2.57. The highest BCUT2D eigenvalue weighted by atomic mass is 35.5. The molecule has 0 N–H and O–H groups in total. The molecule has 0 aliphatic heterocycles. The Bertz CT molecular complexity index is 1260. The van der Waals surface area contributed by atoms with Crippen LogP contribution in [0.4, 0.5) is 0 Å². The molecule has 3 aromatic heterocycles. The normalized spacial score (nSPS) is 11.2. The van der Waals surface area contributed by atoms with E-state index in [1.54, 1.807) is 31.3 Å². The van der Waals surface area contributed by atoms with Gasteiger partial charge in [0.05, 0.1) is 18.5 Å².